The Kier molecular flexibility index (Phi) is 5.09. The average Bonchev–Trinajstić information content (AvgIpc) is 2.66. The van der Waals surface area contributed by atoms with E-state index in [2.05, 4.69) is 0 Å². The van der Waals surface area contributed by atoms with Crippen LogP contribution in [0.1, 0.15) is 45.4 Å². The molecule has 1 aliphatic rings. The standard InChI is InChI=1S/C12H24N2O/c1-10(13)7-8-14(2)12(15)9-11-5-3-4-6-11/h10-11H,3-9,13H2,1-2H3. The van der Waals surface area contributed by atoms with Gasteiger partial charge in [0.2, 0.25) is 5.91 Å². The molecule has 0 heterocycles. The molecule has 0 aromatic rings. The maximum absolute atomic E-state index is 11.8. The molecule has 3 nitrogen and oxygen atoms in total. The molecule has 1 amide bonds. The number of rotatable bonds is 5. The topological polar surface area (TPSA) is 46.3 Å². The highest BCUT2D eigenvalue weighted by Crippen LogP contribution is 2.27. The Bertz CT molecular complexity index is 198. The Hall–Kier alpha value is -0.570. The summed E-state index contributed by atoms with van der Waals surface area (Å²) in [6.07, 6.45) is 6.74. The molecular weight excluding hydrogens is 188 g/mol. The molecule has 1 fully saturated rings. The summed E-state index contributed by atoms with van der Waals surface area (Å²) in [7, 11) is 1.89. The van der Waals surface area contributed by atoms with Gasteiger partial charge in [0.1, 0.15) is 0 Å². The van der Waals surface area contributed by atoms with E-state index < -0.39 is 0 Å². The fourth-order valence-electron chi connectivity index (χ4n) is 2.14. The smallest absolute Gasteiger partial charge is 0.222 e. The van der Waals surface area contributed by atoms with Crippen molar-refractivity contribution in [1.82, 2.24) is 4.90 Å². The zero-order chi connectivity index (χ0) is 11.3. The van der Waals surface area contributed by atoms with E-state index in [1.54, 1.807) is 0 Å². The van der Waals surface area contributed by atoms with E-state index in [0.29, 0.717) is 11.8 Å². The van der Waals surface area contributed by atoms with Crippen LogP contribution >= 0.6 is 0 Å². The van der Waals surface area contributed by atoms with Gasteiger partial charge in [0.05, 0.1) is 0 Å². The van der Waals surface area contributed by atoms with Gasteiger partial charge in [-0.05, 0) is 32.1 Å². The van der Waals surface area contributed by atoms with Gasteiger partial charge >= 0.3 is 0 Å². The molecule has 1 rings (SSSR count). The summed E-state index contributed by atoms with van der Waals surface area (Å²) in [6.45, 7) is 2.78. The molecule has 0 spiro atoms. The molecule has 0 saturated heterocycles. The van der Waals surface area contributed by atoms with Crippen LogP contribution in [0.5, 0.6) is 0 Å². The molecule has 15 heavy (non-hydrogen) atoms. The van der Waals surface area contributed by atoms with Crippen LogP contribution in [0.15, 0.2) is 0 Å². The van der Waals surface area contributed by atoms with Gasteiger partial charge in [0, 0.05) is 26.1 Å². The van der Waals surface area contributed by atoms with Gasteiger partial charge in [-0.2, -0.15) is 0 Å². The minimum Gasteiger partial charge on any atom is -0.346 e. The number of hydrogen-bond acceptors (Lipinski definition) is 2. The summed E-state index contributed by atoms with van der Waals surface area (Å²) in [4.78, 5) is 13.6. The summed E-state index contributed by atoms with van der Waals surface area (Å²) in [5.74, 6) is 0.942. The van der Waals surface area contributed by atoms with E-state index in [1.165, 1.54) is 25.7 Å². The van der Waals surface area contributed by atoms with E-state index >= 15 is 0 Å². The van der Waals surface area contributed by atoms with E-state index in [0.717, 1.165) is 19.4 Å². The van der Waals surface area contributed by atoms with Crippen molar-refractivity contribution >= 4 is 5.91 Å². The Morgan fingerprint density at radius 1 is 1.47 bits per heavy atom. The van der Waals surface area contributed by atoms with Crippen LogP contribution < -0.4 is 5.73 Å². The van der Waals surface area contributed by atoms with Crippen molar-refractivity contribution in [1.29, 1.82) is 0 Å². The van der Waals surface area contributed by atoms with Crippen molar-refractivity contribution in [3.8, 4) is 0 Å². The van der Waals surface area contributed by atoms with E-state index in [1.807, 2.05) is 18.9 Å². The Labute approximate surface area is 93.0 Å². The lowest BCUT2D eigenvalue weighted by molar-refractivity contribution is -0.130. The third-order valence-corrected chi connectivity index (χ3v) is 3.28. The molecule has 88 valence electrons. The van der Waals surface area contributed by atoms with Crippen LogP contribution in [0.3, 0.4) is 0 Å². The molecule has 1 unspecified atom stereocenters. The first kappa shape index (κ1) is 12.5. The normalized spacial score (nSPS) is 19.1. The average molecular weight is 212 g/mol. The first-order chi connectivity index (χ1) is 7.09. The van der Waals surface area contributed by atoms with Gasteiger partial charge in [0.25, 0.3) is 0 Å². The summed E-state index contributed by atoms with van der Waals surface area (Å²) in [5, 5.41) is 0. The highest BCUT2D eigenvalue weighted by molar-refractivity contribution is 5.76. The van der Waals surface area contributed by atoms with Gasteiger partial charge in [-0.15, -0.1) is 0 Å². The predicted octanol–water partition coefficient (Wildman–Crippen LogP) is 1.76. The zero-order valence-corrected chi connectivity index (χ0v) is 10.0. The SMILES string of the molecule is CC(N)CCN(C)C(=O)CC1CCCC1. The van der Waals surface area contributed by atoms with Crippen molar-refractivity contribution in [2.45, 2.75) is 51.5 Å². The molecule has 0 aliphatic heterocycles. The molecule has 0 bridgehead atoms. The van der Waals surface area contributed by atoms with Crippen molar-refractivity contribution in [2.24, 2.45) is 11.7 Å². The lowest BCUT2D eigenvalue weighted by Gasteiger charge is -2.20. The molecule has 1 saturated carbocycles. The van der Waals surface area contributed by atoms with Crippen LogP contribution in [0.4, 0.5) is 0 Å². The van der Waals surface area contributed by atoms with Gasteiger partial charge < -0.3 is 10.6 Å². The van der Waals surface area contributed by atoms with Gasteiger partial charge in [0.15, 0.2) is 0 Å². The monoisotopic (exact) mass is 212 g/mol. The van der Waals surface area contributed by atoms with Crippen molar-refractivity contribution in [3.05, 3.63) is 0 Å². The van der Waals surface area contributed by atoms with E-state index in [9.17, 15) is 4.79 Å². The second kappa shape index (κ2) is 6.11. The summed E-state index contributed by atoms with van der Waals surface area (Å²) < 4.78 is 0. The molecule has 1 atom stereocenters. The minimum atomic E-state index is 0.187. The van der Waals surface area contributed by atoms with Crippen LogP contribution in [0.2, 0.25) is 0 Å². The van der Waals surface area contributed by atoms with Crippen molar-refractivity contribution in [2.75, 3.05) is 13.6 Å². The van der Waals surface area contributed by atoms with E-state index in [-0.39, 0.29) is 6.04 Å². The number of amides is 1. The second-order valence-electron chi connectivity index (χ2n) is 4.94. The second-order valence-corrected chi connectivity index (χ2v) is 4.94. The number of nitrogens with two attached hydrogens (primary N) is 1. The molecule has 1 aliphatic carbocycles. The maximum Gasteiger partial charge on any atom is 0.222 e. The molecule has 0 aromatic carbocycles. The quantitative estimate of drug-likeness (QED) is 0.755. The molecule has 0 aromatic heterocycles. The predicted molar refractivity (Wildman–Crippen MR) is 62.5 cm³/mol. The number of hydrogen-bond donors (Lipinski definition) is 1. The largest absolute Gasteiger partial charge is 0.346 e. The lowest BCUT2D eigenvalue weighted by Crippen LogP contribution is -2.32. The van der Waals surface area contributed by atoms with Crippen LogP contribution in [-0.2, 0) is 4.79 Å². The summed E-state index contributed by atoms with van der Waals surface area (Å²) >= 11 is 0. The number of carbonyl (C=O) groups is 1. The molecule has 3 heteroatoms. The summed E-state index contributed by atoms with van der Waals surface area (Å²) in [6, 6.07) is 0.187. The fraction of sp³-hybridized carbons (Fsp3) is 0.917. The fourth-order valence-corrected chi connectivity index (χ4v) is 2.14. The molecule has 0 radical (unpaired) electrons. The highest BCUT2D eigenvalue weighted by atomic mass is 16.2. The number of nitrogens with zero attached hydrogens (tertiary/aromatic N) is 1. The zero-order valence-electron chi connectivity index (χ0n) is 10.0. The lowest BCUT2D eigenvalue weighted by atomic mass is 10.0. The minimum absolute atomic E-state index is 0.187. The third kappa shape index (κ3) is 4.65. The number of carbonyl (C=O) groups excluding carboxylic acids is 1. The molecule has 2 N–H and O–H groups in total. The van der Waals surface area contributed by atoms with Gasteiger partial charge in [-0.1, -0.05) is 12.8 Å². The summed E-state index contributed by atoms with van der Waals surface area (Å²) in [5.41, 5.74) is 5.67. The first-order valence-corrected chi connectivity index (χ1v) is 6.09. The third-order valence-electron chi connectivity index (χ3n) is 3.28. The van der Waals surface area contributed by atoms with Crippen LogP contribution in [-0.4, -0.2) is 30.4 Å². The van der Waals surface area contributed by atoms with Gasteiger partial charge in [-0.25, -0.2) is 0 Å². The van der Waals surface area contributed by atoms with Gasteiger partial charge in [-0.3, -0.25) is 4.79 Å². The highest BCUT2D eigenvalue weighted by Gasteiger charge is 2.20. The van der Waals surface area contributed by atoms with Crippen molar-refractivity contribution in [3.63, 3.8) is 0 Å². The van der Waals surface area contributed by atoms with Crippen molar-refractivity contribution < 1.29 is 4.79 Å². The Morgan fingerprint density at radius 2 is 2.07 bits per heavy atom. The first-order valence-electron chi connectivity index (χ1n) is 6.09. The Morgan fingerprint density at radius 3 is 2.60 bits per heavy atom. The van der Waals surface area contributed by atoms with Crippen LogP contribution in [0.25, 0.3) is 0 Å². The van der Waals surface area contributed by atoms with E-state index in [4.69, 9.17) is 5.73 Å². The Balaban J connectivity index is 2.20. The maximum atomic E-state index is 11.8. The molecular formula is C12H24N2O. The van der Waals surface area contributed by atoms with Crippen LogP contribution in [0, 0.1) is 5.92 Å².